The summed E-state index contributed by atoms with van der Waals surface area (Å²) in [5, 5.41) is 1.29. The van der Waals surface area contributed by atoms with Gasteiger partial charge in [0, 0.05) is 17.1 Å². The fourth-order valence-corrected chi connectivity index (χ4v) is 2.94. The summed E-state index contributed by atoms with van der Waals surface area (Å²) in [7, 11) is 3.32. The molecule has 0 bridgehead atoms. The van der Waals surface area contributed by atoms with Crippen LogP contribution in [0.1, 0.15) is 18.1 Å². The minimum Gasteiger partial charge on any atom is -0.493 e. The number of H-pyrrole nitrogens is 1. The monoisotopic (exact) mass is 295 g/mol. The summed E-state index contributed by atoms with van der Waals surface area (Å²) in [5.41, 5.74) is 6.14. The van der Waals surface area contributed by atoms with Gasteiger partial charge in [-0.05, 0) is 59.9 Å². The molecule has 0 aliphatic carbocycles. The highest BCUT2D eigenvalue weighted by molar-refractivity contribution is 5.90. The van der Waals surface area contributed by atoms with Crippen LogP contribution in [0.3, 0.4) is 0 Å². The molecule has 0 saturated heterocycles. The quantitative estimate of drug-likeness (QED) is 0.755. The molecular formula is C19H21NO2. The molecule has 0 amide bonds. The Morgan fingerprint density at radius 3 is 2.45 bits per heavy atom. The lowest BCUT2D eigenvalue weighted by Gasteiger charge is -2.12. The molecule has 22 heavy (non-hydrogen) atoms. The van der Waals surface area contributed by atoms with Crippen molar-refractivity contribution in [1.82, 2.24) is 4.98 Å². The van der Waals surface area contributed by atoms with Crippen molar-refractivity contribution in [2.45, 2.75) is 20.3 Å². The predicted octanol–water partition coefficient (Wildman–Crippen LogP) is 4.72. The molecule has 0 spiro atoms. The van der Waals surface area contributed by atoms with Crippen LogP contribution in [0.2, 0.25) is 0 Å². The van der Waals surface area contributed by atoms with E-state index < -0.39 is 0 Å². The van der Waals surface area contributed by atoms with Gasteiger partial charge >= 0.3 is 0 Å². The molecule has 114 valence electrons. The van der Waals surface area contributed by atoms with Gasteiger partial charge in [0.1, 0.15) is 0 Å². The first-order chi connectivity index (χ1) is 10.7. The van der Waals surface area contributed by atoms with E-state index in [0.29, 0.717) is 0 Å². The van der Waals surface area contributed by atoms with Gasteiger partial charge in [0.2, 0.25) is 0 Å². The van der Waals surface area contributed by atoms with E-state index in [1.165, 1.54) is 27.6 Å². The summed E-state index contributed by atoms with van der Waals surface area (Å²) in [6, 6.07) is 10.5. The van der Waals surface area contributed by atoms with Gasteiger partial charge in [-0.25, -0.2) is 0 Å². The lowest BCUT2D eigenvalue weighted by molar-refractivity contribution is 0.355. The summed E-state index contributed by atoms with van der Waals surface area (Å²) in [5.74, 6) is 1.50. The molecule has 1 N–H and O–H groups in total. The number of aromatic nitrogens is 1. The van der Waals surface area contributed by atoms with Crippen LogP contribution in [0.4, 0.5) is 0 Å². The highest BCUT2D eigenvalue weighted by Crippen LogP contribution is 2.35. The summed E-state index contributed by atoms with van der Waals surface area (Å²) >= 11 is 0. The van der Waals surface area contributed by atoms with Crippen LogP contribution >= 0.6 is 0 Å². The number of ether oxygens (including phenoxy) is 2. The second kappa shape index (κ2) is 5.76. The Balaban J connectivity index is 2.18. The number of benzene rings is 2. The number of aromatic amines is 1. The van der Waals surface area contributed by atoms with Crippen molar-refractivity contribution in [1.29, 1.82) is 0 Å². The first kappa shape index (κ1) is 14.5. The van der Waals surface area contributed by atoms with Crippen molar-refractivity contribution in [3.8, 4) is 22.6 Å². The number of aryl methyl sites for hydroxylation is 2. The number of rotatable bonds is 4. The maximum absolute atomic E-state index is 5.42. The third-order valence-electron chi connectivity index (χ3n) is 4.19. The highest BCUT2D eigenvalue weighted by Gasteiger charge is 2.11. The molecule has 3 aromatic rings. The minimum absolute atomic E-state index is 0.751. The van der Waals surface area contributed by atoms with E-state index >= 15 is 0 Å². The van der Waals surface area contributed by atoms with Gasteiger partial charge in [-0.1, -0.05) is 13.0 Å². The zero-order valence-corrected chi connectivity index (χ0v) is 13.5. The third kappa shape index (κ3) is 2.33. The van der Waals surface area contributed by atoms with Crippen LogP contribution < -0.4 is 9.47 Å². The number of hydrogen-bond donors (Lipinski definition) is 1. The van der Waals surface area contributed by atoms with Crippen molar-refractivity contribution >= 4 is 10.9 Å². The van der Waals surface area contributed by atoms with Crippen LogP contribution in [0.5, 0.6) is 11.5 Å². The number of methoxy groups -OCH3 is 2. The Morgan fingerprint density at radius 1 is 1.00 bits per heavy atom. The molecule has 0 radical (unpaired) electrons. The Labute approximate surface area is 130 Å². The molecule has 0 fully saturated rings. The SMILES string of the molecule is CCc1c[nH]c2cc(C)c(-c3ccc(OC)c(OC)c3)cc12. The number of hydrogen-bond acceptors (Lipinski definition) is 2. The summed E-state index contributed by atoms with van der Waals surface area (Å²) < 4.78 is 10.7. The van der Waals surface area contributed by atoms with Crippen molar-refractivity contribution in [3.63, 3.8) is 0 Å². The van der Waals surface area contributed by atoms with Crippen LogP contribution in [-0.2, 0) is 6.42 Å². The van der Waals surface area contributed by atoms with Crippen LogP contribution in [0, 0.1) is 6.92 Å². The number of fused-ring (bicyclic) bond motifs is 1. The van der Waals surface area contributed by atoms with Crippen LogP contribution in [0.25, 0.3) is 22.0 Å². The van der Waals surface area contributed by atoms with E-state index in [1.54, 1.807) is 14.2 Å². The fraction of sp³-hybridized carbons (Fsp3) is 0.263. The molecule has 1 aromatic heterocycles. The molecule has 3 rings (SSSR count). The minimum atomic E-state index is 0.751. The summed E-state index contributed by atoms with van der Waals surface area (Å²) in [6.07, 6.45) is 3.12. The van der Waals surface area contributed by atoms with Gasteiger partial charge in [0.15, 0.2) is 11.5 Å². The molecule has 0 unspecified atom stereocenters. The smallest absolute Gasteiger partial charge is 0.161 e. The third-order valence-corrected chi connectivity index (χ3v) is 4.19. The highest BCUT2D eigenvalue weighted by atomic mass is 16.5. The van der Waals surface area contributed by atoms with Gasteiger partial charge < -0.3 is 14.5 Å². The average Bonchev–Trinajstić information content (AvgIpc) is 2.95. The largest absolute Gasteiger partial charge is 0.493 e. The Hall–Kier alpha value is -2.42. The molecular weight excluding hydrogens is 274 g/mol. The fourth-order valence-electron chi connectivity index (χ4n) is 2.94. The van der Waals surface area contributed by atoms with E-state index in [0.717, 1.165) is 23.5 Å². The second-order valence-corrected chi connectivity index (χ2v) is 5.45. The molecule has 1 heterocycles. The maximum atomic E-state index is 5.42. The van der Waals surface area contributed by atoms with E-state index in [2.05, 4.69) is 43.2 Å². The van der Waals surface area contributed by atoms with Crippen LogP contribution in [-0.4, -0.2) is 19.2 Å². The van der Waals surface area contributed by atoms with Gasteiger partial charge in [-0.15, -0.1) is 0 Å². The number of nitrogens with one attached hydrogen (secondary N) is 1. The average molecular weight is 295 g/mol. The maximum Gasteiger partial charge on any atom is 0.161 e. The van der Waals surface area contributed by atoms with Crippen molar-refractivity contribution in [2.75, 3.05) is 14.2 Å². The predicted molar refractivity (Wildman–Crippen MR) is 91.0 cm³/mol. The molecule has 3 heteroatoms. The van der Waals surface area contributed by atoms with Crippen LogP contribution in [0.15, 0.2) is 36.5 Å². The molecule has 0 aliphatic heterocycles. The molecule has 3 nitrogen and oxygen atoms in total. The molecule has 2 aromatic carbocycles. The Morgan fingerprint density at radius 2 is 1.77 bits per heavy atom. The van der Waals surface area contributed by atoms with Gasteiger partial charge in [-0.2, -0.15) is 0 Å². The van der Waals surface area contributed by atoms with E-state index in [4.69, 9.17) is 9.47 Å². The van der Waals surface area contributed by atoms with Crippen molar-refractivity contribution in [2.24, 2.45) is 0 Å². The van der Waals surface area contributed by atoms with Gasteiger partial charge in [0.25, 0.3) is 0 Å². The lowest BCUT2D eigenvalue weighted by Crippen LogP contribution is -1.92. The van der Waals surface area contributed by atoms with Gasteiger partial charge in [0.05, 0.1) is 14.2 Å². The van der Waals surface area contributed by atoms with E-state index in [-0.39, 0.29) is 0 Å². The normalized spacial score (nSPS) is 10.9. The Bertz CT molecular complexity index is 818. The first-order valence-corrected chi connectivity index (χ1v) is 7.51. The summed E-state index contributed by atoms with van der Waals surface area (Å²) in [6.45, 7) is 4.32. The lowest BCUT2D eigenvalue weighted by atomic mass is 9.97. The van der Waals surface area contributed by atoms with E-state index in [9.17, 15) is 0 Å². The first-order valence-electron chi connectivity index (χ1n) is 7.51. The molecule has 0 aliphatic rings. The molecule has 0 saturated carbocycles. The molecule has 0 atom stereocenters. The van der Waals surface area contributed by atoms with E-state index in [1.807, 2.05) is 12.1 Å². The summed E-state index contributed by atoms with van der Waals surface area (Å²) in [4.78, 5) is 3.35. The zero-order chi connectivity index (χ0) is 15.7. The van der Waals surface area contributed by atoms with Crippen molar-refractivity contribution < 1.29 is 9.47 Å². The second-order valence-electron chi connectivity index (χ2n) is 5.45. The van der Waals surface area contributed by atoms with Gasteiger partial charge in [-0.3, -0.25) is 0 Å². The van der Waals surface area contributed by atoms with Crippen molar-refractivity contribution in [3.05, 3.63) is 47.7 Å². The topological polar surface area (TPSA) is 34.2 Å². The standard InChI is InChI=1S/C19H21NO2/c1-5-13-11-20-17-8-12(2)15(10-16(13)17)14-6-7-18(21-3)19(9-14)22-4/h6-11,20H,5H2,1-4H3. The zero-order valence-electron chi connectivity index (χ0n) is 13.5. The Kier molecular flexibility index (Phi) is 3.80.